The molecule has 2 unspecified atom stereocenters. The second-order valence-corrected chi connectivity index (χ2v) is 8.19. The Bertz CT molecular complexity index is 590. The second-order valence-electron chi connectivity index (χ2n) is 7.63. The Kier molecular flexibility index (Phi) is 11.5. The number of hydrogen-bond acceptors (Lipinski definition) is 6. The van der Waals surface area contributed by atoms with Crippen LogP contribution in [0.1, 0.15) is 39.0 Å². The summed E-state index contributed by atoms with van der Waals surface area (Å²) >= 11 is 6.76. The Hall–Kier alpha value is -1.34. The molecule has 170 valence electrons. The van der Waals surface area contributed by atoms with Gasteiger partial charge in [-0.3, -0.25) is 4.79 Å². The Morgan fingerprint density at radius 2 is 2.10 bits per heavy atom. The third-order valence-electron chi connectivity index (χ3n) is 5.59. The Balaban J connectivity index is 1.95. The van der Waals surface area contributed by atoms with Gasteiger partial charge >= 0.3 is 5.97 Å². The van der Waals surface area contributed by atoms with Crippen molar-refractivity contribution >= 4 is 17.6 Å². The molecular formula is C23H35ClO6. The molecule has 1 heterocycles. The molecule has 0 bridgehead atoms. The summed E-state index contributed by atoms with van der Waals surface area (Å²) in [4.78, 5) is 11.2. The summed E-state index contributed by atoms with van der Waals surface area (Å²) in [7, 11) is 3.08. The number of unbranched alkanes of at least 4 members (excludes halogenated alkanes) is 1. The van der Waals surface area contributed by atoms with E-state index in [2.05, 4.69) is 23.8 Å². The van der Waals surface area contributed by atoms with Crippen LogP contribution in [0.5, 0.6) is 0 Å². The first-order valence-corrected chi connectivity index (χ1v) is 11.1. The number of carbonyl (C=O) groups excluding carboxylic acids is 1. The van der Waals surface area contributed by atoms with Gasteiger partial charge in [-0.25, -0.2) is 0 Å². The fourth-order valence-corrected chi connectivity index (χ4v) is 4.50. The minimum absolute atomic E-state index is 0.00342. The largest absolute Gasteiger partial charge is 0.469 e. The van der Waals surface area contributed by atoms with Crippen LogP contribution >= 0.6 is 11.6 Å². The van der Waals surface area contributed by atoms with E-state index in [9.17, 15) is 4.79 Å². The summed E-state index contributed by atoms with van der Waals surface area (Å²) in [6, 6.07) is 0. The fraction of sp³-hybridized carbons (Fsp3) is 0.696. The molecule has 0 radical (unpaired) electrons. The first-order valence-electron chi connectivity index (χ1n) is 10.7. The molecule has 0 saturated heterocycles. The number of ether oxygens (including phenoxy) is 5. The topological polar surface area (TPSA) is 63.2 Å². The van der Waals surface area contributed by atoms with Crippen molar-refractivity contribution in [3.05, 3.63) is 36.6 Å². The van der Waals surface area contributed by atoms with Crippen molar-refractivity contribution < 1.29 is 28.5 Å². The molecule has 2 aliphatic rings. The lowest BCUT2D eigenvalue weighted by atomic mass is 9.87. The van der Waals surface area contributed by atoms with Gasteiger partial charge in [-0.1, -0.05) is 18.2 Å². The van der Waals surface area contributed by atoms with Crippen LogP contribution in [0, 0.1) is 11.8 Å². The van der Waals surface area contributed by atoms with E-state index in [1.54, 1.807) is 13.4 Å². The van der Waals surface area contributed by atoms with Gasteiger partial charge in [0.25, 0.3) is 0 Å². The fourth-order valence-electron chi connectivity index (χ4n) is 4.06. The first kappa shape index (κ1) is 24.9. The van der Waals surface area contributed by atoms with Crippen LogP contribution < -0.4 is 0 Å². The third-order valence-corrected chi connectivity index (χ3v) is 6.09. The highest BCUT2D eigenvalue weighted by Crippen LogP contribution is 2.43. The zero-order chi connectivity index (χ0) is 21.8. The van der Waals surface area contributed by atoms with Gasteiger partial charge in [0.05, 0.1) is 38.8 Å². The number of allylic oxidation sites excluding steroid dienone is 4. The third kappa shape index (κ3) is 8.06. The highest BCUT2D eigenvalue weighted by Gasteiger charge is 2.46. The van der Waals surface area contributed by atoms with Crippen LogP contribution in [-0.2, 0) is 28.5 Å². The van der Waals surface area contributed by atoms with E-state index in [0.717, 1.165) is 25.7 Å². The van der Waals surface area contributed by atoms with Crippen LogP contribution in [0.25, 0.3) is 0 Å². The monoisotopic (exact) mass is 442 g/mol. The van der Waals surface area contributed by atoms with Gasteiger partial charge < -0.3 is 23.7 Å². The van der Waals surface area contributed by atoms with Gasteiger partial charge in [-0.2, -0.15) is 0 Å². The number of methoxy groups -OCH3 is 2. The molecule has 6 atom stereocenters. The molecule has 1 saturated carbocycles. The molecule has 0 aromatic heterocycles. The molecule has 1 aliphatic heterocycles. The maximum absolute atomic E-state index is 11.2. The number of alkyl halides is 1. The van der Waals surface area contributed by atoms with Crippen molar-refractivity contribution in [3.8, 4) is 0 Å². The molecule has 6 nitrogen and oxygen atoms in total. The van der Waals surface area contributed by atoms with E-state index in [1.165, 1.54) is 7.11 Å². The van der Waals surface area contributed by atoms with Crippen molar-refractivity contribution in [2.75, 3.05) is 27.4 Å². The van der Waals surface area contributed by atoms with Gasteiger partial charge in [-0.15, -0.1) is 11.6 Å². The van der Waals surface area contributed by atoms with Gasteiger partial charge in [0.1, 0.15) is 0 Å². The minimum atomic E-state index is -0.398. The molecule has 0 spiro atoms. The van der Waals surface area contributed by atoms with E-state index in [-0.39, 0.29) is 35.4 Å². The summed E-state index contributed by atoms with van der Waals surface area (Å²) in [5, 5.41) is -0.00342. The van der Waals surface area contributed by atoms with E-state index in [4.69, 9.17) is 30.5 Å². The lowest BCUT2D eigenvalue weighted by Gasteiger charge is -2.32. The van der Waals surface area contributed by atoms with Crippen molar-refractivity contribution in [2.24, 2.45) is 11.8 Å². The van der Waals surface area contributed by atoms with Crippen molar-refractivity contribution in [3.63, 3.8) is 0 Å². The summed E-state index contributed by atoms with van der Waals surface area (Å²) in [6.07, 6.45) is 14.8. The highest BCUT2D eigenvalue weighted by molar-refractivity contribution is 6.21. The summed E-state index contributed by atoms with van der Waals surface area (Å²) in [5.41, 5.74) is 0. The molecule has 1 fully saturated rings. The summed E-state index contributed by atoms with van der Waals surface area (Å²) < 4.78 is 27.6. The minimum Gasteiger partial charge on any atom is -0.469 e. The molecule has 0 aromatic rings. The number of carbonyl (C=O) groups is 1. The Morgan fingerprint density at radius 1 is 1.27 bits per heavy atom. The van der Waals surface area contributed by atoms with Crippen LogP contribution in [0.3, 0.4) is 0 Å². The van der Waals surface area contributed by atoms with Gasteiger partial charge in [0, 0.05) is 24.8 Å². The van der Waals surface area contributed by atoms with E-state index in [1.807, 2.05) is 18.2 Å². The standard InChI is InChI=1S/C23H35ClO6/c1-17(28-15-14-26-2)23-18(10-6-4-5-7-11-21(25)27-3)19(24)16-20(23)30-22-12-8-9-13-29-22/h4,6,8-9,12-13,17-20,22-23H,5,7,10-11,14-16H2,1-3H3/b6-4-/t17?,18-,19+,20+,22-,23?/m0/s1. The maximum atomic E-state index is 11.2. The normalized spacial score (nSPS) is 29.3. The number of halogens is 1. The zero-order valence-electron chi connectivity index (χ0n) is 18.2. The Morgan fingerprint density at radius 3 is 2.80 bits per heavy atom. The van der Waals surface area contributed by atoms with Gasteiger partial charge in [-0.05, 0) is 50.7 Å². The Labute approximate surface area is 185 Å². The van der Waals surface area contributed by atoms with Crippen LogP contribution in [0.2, 0.25) is 0 Å². The average Bonchev–Trinajstić information content (AvgIpc) is 3.05. The molecule has 0 aromatic carbocycles. The average molecular weight is 443 g/mol. The van der Waals surface area contributed by atoms with E-state index < -0.39 is 6.29 Å². The van der Waals surface area contributed by atoms with E-state index >= 15 is 0 Å². The quantitative estimate of drug-likeness (QED) is 0.182. The smallest absolute Gasteiger partial charge is 0.305 e. The predicted molar refractivity (Wildman–Crippen MR) is 116 cm³/mol. The molecular weight excluding hydrogens is 408 g/mol. The van der Waals surface area contributed by atoms with E-state index in [0.29, 0.717) is 19.6 Å². The molecule has 0 amide bonds. The molecule has 2 rings (SSSR count). The van der Waals surface area contributed by atoms with Crippen molar-refractivity contribution in [1.29, 1.82) is 0 Å². The molecule has 1 aliphatic carbocycles. The van der Waals surface area contributed by atoms with Gasteiger partial charge in [0.2, 0.25) is 6.29 Å². The van der Waals surface area contributed by atoms with Crippen LogP contribution in [-0.4, -0.2) is 57.3 Å². The SMILES string of the molecule is COCCOC(C)C1[C@@H](C/C=C\CCCC(=O)OC)[C@H](Cl)C[C@H]1O[C@H]1C=CC=CO1. The number of esters is 1. The maximum Gasteiger partial charge on any atom is 0.305 e. The van der Waals surface area contributed by atoms with Crippen LogP contribution in [0.4, 0.5) is 0 Å². The van der Waals surface area contributed by atoms with Gasteiger partial charge in [0.15, 0.2) is 0 Å². The second kappa shape index (κ2) is 13.9. The van der Waals surface area contributed by atoms with Crippen molar-refractivity contribution in [1.82, 2.24) is 0 Å². The lowest BCUT2D eigenvalue weighted by Crippen LogP contribution is -2.36. The number of rotatable bonds is 13. The predicted octanol–water partition coefficient (Wildman–Crippen LogP) is 4.38. The zero-order valence-corrected chi connectivity index (χ0v) is 19.0. The lowest BCUT2D eigenvalue weighted by molar-refractivity contribution is -0.144. The van der Waals surface area contributed by atoms with Crippen molar-refractivity contribution in [2.45, 2.75) is 62.9 Å². The molecule has 0 N–H and O–H groups in total. The molecule has 7 heteroatoms. The highest BCUT2D eigenvalue weighted by atomic mass is 35.5. The first-order chi connectivity index (χ1) is 14.6. The number of hydrogen-bond donors (Lipinski definition) is 0. The van der Waals surface area contributed by atoms with Crippen LogP contribution in [0.15, 0.2) is 36.6 Å². The summed E-state index contributed by atoms with van der Waals surface area (Å²) in [6.45, 7) is 3.17. The summed E-state index contributed by atoms with van der Waals surface area (Å²) in [5.74, 6) is 0.206. The molecule has 30 heavy (non-hydrogen) atoms.